The maximum atomic E-state index is 11.7. The molecule has 0 aliphatic carbocycles. The van der Waals surface area contributed by atoms with Crippen molar-refractivity contribution < 1.29 is 17.9 Å². The summed E-state index contributed by atoms with van der Waals surface area (Å²) < 4.78 is 28.1. The first-order valence-corrected chi connectivity index (χ1v) is 8.77. The zero-order valence-electron chi connectivity index (χ0n) is 12.0. The fourth-order valence-corrected chi connectivity index (χ4v) is 2.78. The summed E-state index contributed by atoms with van der Waals surface area (Å²) in [7, 11) is -3.18. The van der Waals surface area contributed by atoms with E-state index in [4.69, 9.17) is 4.74 Å². The van der Waals surface area contributed by atoms with Gasteiger partial charge in [-0.15, -0.1) is 0 Å². The summed E-state index contributed by atoms with van der Waals surface area (Å²) in [6.45, 7) is 2.41. The lowest BCUT2D eigenvalue weighted by atomic mass is 10.1. The second kappa shape index (κ2) is 6.91. The van der Waals surface area contributed by atoms with E-state index in [1.807, 2.05) is 0 Å². The molecule has 0 radical (unpaired) electrons. The molecule has 1 aromatic rings. The molecule has 2 rings (SSSR count). The topological polar surface area (TPSA) is 84.5 Å². The molecule has 7 heteroatoms. The van der Waals surface area contributed by atoms with E-state index in [1.54, 1.807) is 12.1 Å². The number of amides is 1. The Labute approximate surface area is 124 Å². The smallest absolute Gasteiger partial charge is 0.224 e. The molecule has 1 unspecified atom stereocenters. The van der Waals surface area contributed by atoms with Gasteiger partial charge in [0.1, 0.15) is 12.4 Å². The van der Waals surface area contributed by atoms with E-state index in [0.717, 1.165) is 25.8 Å². The molecule has 0 spiro atoms. The van der Waals surface area contributed by atoms with Crippen LogP contribution >= 0.6 is 0 Å². The van der Waals surface area contributed by atoms with Crippen molar-refractivity contribution in [3.63, 3.8) is 0 Å². The minimum Gasteiger partial charge on any atom is -0.492 e. The van der Waals surface area contributed by atoms with Gasteiger partial charge in [0.25, 0.3) is 0 Å². The number of rotatable bonds is 6. The molecule has 2 N–H and O–H groups in total. The molecule has 0 bridgehead atoms. The molecule has 1 fully saturated rings. The Bertz CT molecular complexity index is 577. The lowest BCUT2D eigenvalue weighted by molar-refractivity contribution is -0.124. The Morgan fingerprint density at radius 1 is 1.38 bits per heavy atom. The number of carbonyl (C=O) groups excluding carboxylic acids is 1. The van der Waals surface area contributed by atoms with Crippen molar-refractivity contribution >= 4 is 15.7 Å². The molecule has 1 saturated heterocycles. The van der Waals surface area contributed by atoms with Gasteiger partial charge in [-0.2, -0.15) is 0 Å². The number of benzene rings is 1. The summed E-state index contributed by atoms with van der Waals surface area (Å²) in [5.41, 5.74) is 0. The molecule has 0 aromatic heterocycles. The largest absolute Gasteiger partial charge is 0.492 e. The zero-order chi connectivity index (χ0) is 15.3. The number of sulfone groups is 1. The third kappa shape index (κ3) is 4.71. The van der Waals surface area contributed by atoms with Crippen LogP contribution in [0.3, 0.4) is 0 Å². The maximum Gasteiger partial charge on any atom is 0.224 e. The van der Waals surface area contributed by atoms with Gasteiger partial charge in [-0.3, -0.25) is 4.79 Å². The van der Waals surface area contributed by atoms with Crippen LogP contribution in [0.2, 0.25) is 0 Å². The molecule has 1 aromatic carbocycles. The number of hydrogen-bond acceptors (Lipinski definition) is 5. The molecule has 1 atom stereocenters. The van der Waals surface area contributed by atoms with Gasteiger partial charge < -0.3 is 15.4 Å². The van der Waals surface area contributed by atoms with Crippen LogP contribution in [0.5, 0.6) is 5.75 Å². The standard InChI is InChI=1S/C14H20N2O4S/c1-21(18,19)13-4-2-12(3-5-13)20-9-8-16-14(17)11-6-7-15-10-11/h2-5,11,15H,6-10H2,1H3,(H,16,17). The van der Waals surface area contributed by atoms with Crippen LogP contribution in [-0.4, -0.2) is 46.8 Å². The van der Waals surface area contributed by atoms with Crippen LogP contribution in [0.15, 0.2) is 29.2 Å². The van der Waals surface area contributed by atoms with Crippen LogP contribution in [0.25, 0.3) is 0 Å². The molecule has 1 aliphatic heterocycles. The van der Waals surface area contributed by atoms with Gasteiger partial charge in [0, 0.05) is 12.8 Å². The van der Waals surface area contributed by atoms with Gasteiger partial charge in [-0.05, 0) is 37.2 Å². The predicted octanol–water partition coefficient (Wildman–Crippen LogP) is 0.195. The Hall–Kier alpha value is -1.60. The first-order chi connectivity index (χ1) is 9.97. The second-order valence-corrected chi connectivity index (χ2v) is 7.09. The third-order valence-corrected chi connectivity index (χ3v) is 4.48. The Morgan fingerprint density at radius 3 is 2.67 bits per heavy atom. The SMILES string of the molecule is CS(=O)(=O)c1ccc(OCCNC(=O)C2CCNC2)cc1. The van der Waals surface area contributed by atoms with Crippen LogP contribution in [-0.2, 0) is 14.6 Å². The van der Waals surface area contributed by atoms with Gasteiger partial charge in [-0.1, -0.05) is 0 Å². The average molecular weight is 312 g/mol. The van der Waals surface area contributed by atoms with Crippen molar-refractivity contribution in [3.05, 3.63) is 24.3 Å². The van der Waals surface area contributed by atoms with E-state index in [9.17, 15) is 13.2 Å². The predicted molar refractivity (Wildman–Crippen MR) is 79.0 cm³/mol. The van der Waals surface area contributed by atoms with Gasteiger partial charge >= 0.3 is 0 Å². The summed E-state index contributed by atoms with van der Waals surface area (Å²) in [6, 6.07) is 6.24. The normalized spacial score (nSPS) is 18.4. The highest BCUT2D eigenvalue weighted by atomic mass is 32.2. The van der Waals surface area contributed by atoms with Crippen molar-refractivity contribution in [3.8, 4) is 5.75 Å². The molecular formula is C14H20N2O4S. The molecule has 1 aliphatic rings. The van der Waals surface area contributed by atoms with Gasteiger partial charge in [-0.25, -0.2) is 8.42 Å². The Balaban J connectivity index is 1.72. The van der Waals surface area contributed by atoms with Crippen molar-refractivity contribution in [1.29, 1.82) is 0 Å². The number of carbonyl (C=O) groups is 1. The van der Waals surface area contributed by atoms with E-state index in [2.05, 4.69) is 10.6 Å². The van der Waals surface area contributed by atoms with E-state index in [-0.39, 0.29) is 16.7 Å². The summed E-state index contributed by atoms with van der Waals surface area (Å²) >= 11 is 0. The molecule has 116 valence electrons. The molecule has 1 heterocycles. The highest BCUT2D eigenvalue weighted by molar-refractivity contribution is 7.90. The lowest BCUT2D eigenvalue weighted by Crippen LogP contribution is -2.34. The molecule has 21 heavy (non-hydrogen) atoms. The van der Waals surface area contributed by atoms with Crippen molar-refractivity contribution in [2.24, 2.45) is 5.92 Å². The molecular weight excluding hydrogens is 292 g/mol. The van der Waals surface area contributed by atoms with Crippen LogP contribution in [0.4, 0.5) is 0 Å². The maximum absolute atomic E-state index is 11.7. The Kier molecular flexibility index (Phi) is 5.19. The molecule has 0 saturated carbocycles. The monoisotopic (exact) mass is 312 g/mol. The summed E-state index contributed by atoms with van der Waals surface area (Å²) in [4.78, 5) is 12.0. The van der Waals surface area contributed by atoms with Crippen LogP contribution < -0.4 is 15.4 Å². The highest BCUT2D eigenvalue weighted by Gasteiger charge is 2.21. The summed E-state index contributed by atoms with van der Waals surface area (Å²) in [5.74, 6) is 0.689. The number of ether oxygens (including phenoxy) is 1. The van der Waals surface area contributed by atoms with E-state index >= 15 is 0 Å². The third-order valence-electron chi connectivity index (χ3n) is 3.35. The highest BCUT2D eigenvalue weighted by Crippen LogP contribution is 2.15. The number of hydrogen-bond donors (Lipinski definition) is 2. The van der Waals surface area contributed by atoms with Crippen LogP contribution in [0.1, 0.15) is 6.42 Å². The van der Waals surface area contributed by atoms with Gasteiger partial charge in [0.15, 0.2) is 9.84 Å². The molecule has 6 nitrogen and oxygen atoms in total. The fraction of sp³-hybridized carbons (Fsp3) is 0.500. The first kappa shape index (κ1) is 15.8. The minimum absolute atomic E-state index is 0.0519. The summed E-state index contributed by atoms with van der Waals surface area (Å²) in [5, 5.41) is 5.98. The van der Waals surface area contributed by atoms with Crippen molar-refractivity contribution in [2.75, 3.05) is 32.5 Å². The first-order valence-electron chi connectivity index (χ1n) is 6.88. The van der Waals surface area contributed by atoms with Crippen molar-refractivity contribution in [1.82, 2.24) is 10.6 Å². The Morgan fingerprint density at radius 2 is 2.10 bits per heavy atom. The minimum atomic E-state index is -3.18. The average Bonchev–Trinajstić information content (AvgIpc) is 2.97. The second-order valence-electron chi connectivity index (χ2n) is 5.07. The quantitative estimate of drug-likeness (QED) is 0.733. The number of nitrogens with one attached hydrogen (secondary N) is 2. The van der Waals surface area contributed by atoms with E-state index < -0.39 is 9.84 Å². The molecule has 1 amide bonds. The summed E-state index contributed by atoms with van der Waals surface area (Å²) in [6.07, 6.45) is 2.04. The van der Waals surface area contributed by atoms with Crippen molar-refractivity contribution in [2.45, 2.75) is 11.3 Å². The van der Waals surface area contributed by atoms with E-state index in [0.29, 0.717) is 18.9 Å². The lowest BCUT2D eigenvalue weighted by Gasteiger charge is -2.11. The zero-order valence-corrected chi connectivity index (χ0v) is 12.8. The van der Waals surface area contributed by atoms with Gasteiger partial charge in [0.05, 0.1) is 17.4 Å². The van der Waals surface area contributed by atoms with E-state index in [1.165, 1.54) is 12.1 Å². The van der Waals surface area contributed by atoms with Gasteiger partial charge in [0.2, 0.25) is 5.91 Å². The fourth-order valence-electron chi connectivity index (χ4n) is 2.15. The van der Waals surface area contributed by atoms with Crippen LogP contribution in [0, 0.1) is 5.92 Å².